The van der Waals surface area contributed by atoms with Gasteiger partial charge in [-0.3, -0.25) is 4.79 Å². The molecule has 2 rings (SSSR count). The Morgan fingerprint density at radius 1 is 1.40 bits per heavy atom. The van der Waals surface area contributed by atoms with E-state index < -0.39 is 5.82 Å². The van der Waals surface area contributed by atoms with Crippen molar-refractivity contribution < 1.29 is 9.18 Å². The summed E-state index contributed by atoms with van der Waals surface area (Å²) in [7, 11) is 0. The molecule has 0 heterocycles. The molecule has 0 radical (unpaired) electrons. The number of thioether (sulfide) groups is 1. The summed E-state index contributed by atoms with van der Waals surface area (Å²) < 4.78 is 14.0. The highest BCUT2D eigenvalue weighted by Gasteiger charge is 2.31. The van der Waals surface area contributed by atoms with Crippen molar-refractivity contribution in [3.63, 3.8) is 0 Å². The van der Waals surface area contributed by atoms with Crippen LogP contribution in [0, 0.1) is 5.82 Å². The Hall–Kier alpha value is -0.550. The van der Waals surface area contributed by atoms with Crippen molar-refractivity contribution in [2.24, 2.45) is 0 Å². The smallest absolute Gasteiger partial charge is 0.252 e. The molecule has 0 atom stereocenters. The lowest BCUT2D eigenvalue weighted by Crippen LogP contribution is -2.41. The number of nitrogens with one attached hydrogen (secondary N) is 1. The SMILES string of the molecule is CSC1(CNC(=O)c2cc(F)ccc2Br)CCCCC1. The van der Waals surface area contributed by atoms with E-state index in [0.29, 0.717) is 16.6 Å². The Balaban J connectivity index is 2.02. The number of carbonyl (C=O) groups is 1. The van der Waals surface area contributed by atoms with Crippen LogP contribution in [0.3, 0.4) is 0 Å². The van der Waals surface area contributed by atoms with Gasteiger partial charge in [0.25, 0.3) is 5.91 Å². The molecule has 0 unspecified atom stereocenters. The zero-order valence-corrected chi connectivity index (χ0v) is 13.9. The van der Waals surface area contributed by atoms with Crippen LogP contribution >= 0.6 is 27.7 Å². The van der Waals surface area contributed by atoms with Gasteiger partial charge in [0, 0.05) is 15.8 Å². The van der Waals surface area contributed by atoms with E-state index in [1.807, 2.05) is 11.8 Å². The van der Waals surface area contributed by atoms with E-state index in [-0.39, 0.29) is 10.7 Å². The Morgan fingerprint density at radius 3 is 2.75 bits per heavy atom. The lowest BCUT2D eigenvalue weighted by Gasteiger charge is -2.35. The fourth-order valence-corrected chi connectivity index (χ4v) is 4.00. The Bertz CT molecular complexity index is 489. The maximum atomic E-state index is 13.2. The molecule has 1 aromatic carbocycles. The third kappa shape index (κ3) is 3.76. The monoisotopic (exact) mass is 359 g/mol. The molecule has 1 aromatic rings. The largest absolute Gasteiger partial charge is 0.351 e. The van der Waals surface area contributed by atoms with Gasteiger partial charge in [-0.05, 0) is 53.2 Å². The van der Waals surface area contributed by atoms with Crippen LogP contribution in [-0.4, -0.2) is 23.5 Å². The van der Waals surface area contributed by atoms with Crippen LogP contribution in [0.15, 0.2) is 22.7 Å². The topological polar surface area (TPSA) is 29.1 Å². The van der Waals surface area contributed by atoms with Crippen LogP contribution in [0.2, 0.25) is 0 Å². The normalized spacial score (nSPS) is 17.8. The van der Waals surface area contributed by atoms with E-state index in [4.69, 9.17) is 0 Å². The fourth-order valence-electron chi connectivity index (χ4n) is 2.66. The van der Waals surface area contributed by atoms with Gasteiger partial charge < -0.3 is 5.32 Å². The summed E-state index contributed by atoms with van der Waals surface area (Å²) in [5, 5.41) is 2.97. The van der Waals surface area contributed by atoms with Gasteiger partial charge in [0.1, 0.15) is 5.82 Å². The van der Waals surface area contributed by atoms with Crippen molar-refractivity contribution in [2.45, 2.75) is 36.9 Å². The number of hydrogen-bond donors (Lipinski definition) is 1. The van der Waals surface area contributed by atoms with Gasteiger partial charge in [0.2, 0.25) is 0 Å². The summed E-state index contributed by atoms with van der Waals surface area (Å²) in [4.78, 5) is 12.2. The van der Waals surface area contributed by atoms with Gasteiger partial charge in [-0.15, -0.1) is 0 Å². The zero-order chi connectivity index (χ0) is 14.6. The molecule has 5 heteroatoms. The van der Waals surface area contributed by atoms with Crippen LogP contribution in [0.5, 0.6) is 0 Å². The van der Waals surface area contributed by atoms with Crippen LogP contribution in [0.1, 0.15) is 42.5 Å². The van der Waals surface area contributed by atoms with Crippen LogP contribution in [0.4, 0.5) is 4.39 Å². The third-order valence-corrected chi connectivity index (χ3v) is 6.05. The molecular weight excluding hydrogens is 341 g/mol. The Kier molecular flexibility index (Phi) is 5.49. The van der Waals surface area contributed by atoms with Gasteiger partial charge in [-0.2, -0.15) is 11.8 Å². The maximum absolute atomic E-state index is 13.2. The van der Waals surface area contributed by atoms with E-state index in [1.165, 1.54) is 31.4 Å². The molecule has 110 valence electrons. The van der Waals surface area contributed by atoms with Crippen LogP contribution < -0.4 is 5.32 Å². The first kappa shape index (κ1) is 15.8. The van der Waals surface area contributed by atoms with E-state index in [9.17, 15) is 9.18 Å². The molecule has 1 saturated carbocycles. The van der Waals surface area contributed by atoms with Crippen molar-refractivity contribution in [3.8, 4) is 0 Å². The number of benzene rings is 1. The summed E-state index contributed by atoms with van der Waals surface area (Å²) in [6.07, 6.45) is 8.11. The quantitative estimate of drug-likeness (QED) is 0.863. The molecule has 1 aliphatic carbocycles. The molecule has 1 fully saturated rings. The first-order valence-electron chi connectivity index (χ1n) is 6.85. The molecule has 0 bridgehead atoms. The van der Waals surface area contributed by atoms with Gasteiger partial charge in [0.05, 0.1) is 5.56 Å². The molecule has 1 aliphatic rings. The highest BCUT2D eigenvalue weighted by molar-refractivity contribution is 9.10. The number of rotatable bonds is 4. The van der Waals surface area contributed by atoms with Crippen molar-refractivity contribution >= 4 is 33.6 Å². The molecule has 0 aromatic heterocycles. The maximum Gasteiger partial charge on any atom is 0.252 e. The van der Waals surface area contributed by atoms with Crippen molar-refractivity contribution in [1.82, 2.24) is 5.32 Å². The Morgan fingerprint density at radius 2 is 2.10 bits per heavy atom. The van der Waals surface area contributed by atoms with Gasteiger partial charge in [-0.25, -0.2) is 4.39 Å². The number of hydrogen-bond acceptors (Lipinski definition) is 2. The predicted molar refractivity (Wildman–Crippen MR) is 85.8 cm³/mol. The number of halogens is 2. The minimum atomic E-state index is -0.393. The highest BCUT2D eigenvalue weighted by atomic mass is 79.9. The summed E-state index contributed by atoms with van der Waals surface area (Å²) in [5.41, 5.74) is 0.358. The minimum Gasteiger partial charge on any atom is -0.351 e. The molecule has 0 spiro atoms. The second-order valence-electron chi connectivity index (χ2n) is 5.25. The van der Waals surface area contributed by atoms with E-state index in [0.717, 1.165) is 12.8 Å². The second kappa shape index (κ2) is 6.94. The second-order valence-corrected chi connectivity index (χ2v) is 7.38. The lowest BCUT2D eigenvalue weighted by molar-refractivity contribution is 0.0945. The summed E-state index contributed by atoms with van der Waals surface area (Å²) in [6, 6.07) is 4.17. The van der Waals surface area contributed by atoms with Gasteiger partial charge in [0.15, 0.2) is 0 Å². The van der Waals surface area contributed by atoms with E-state index in [2.05, 4.69) is 27.5 Å². The molecule has 0 aliphatic heterocycles. The lowest BCUT2D eigenvalue weighted by atomic mass is 9.88. The van der Waals surface area contributed by atoms with Crippen molar-refractivity contribution in [3.05, 3.63) is 34.1 Å². The molecule has 0 saturated heterocycles. The summed E-state index contributed by atoms with van der Waals surface area (Å²) >= 11 is 5.13. The zero-order valence-electron chi connectivity index (χ0n) is 11.5. The summed E-state index contributed by atoms with van der Waals surface area (Å²) in [5.74, 6) is -0.606. The molecule has 1 N–H and O–H groups in total. The molecular formula is C15H19BrFNOS. The molecule has 20 heavy (non-hydrogen) atoms. The standard InChI is InChI=1S/C15H19BrFNOS/c1-20-15(7-3-2-4-8-15)10-18-14(19)12-9-11(17)5-6-13(12)16/h5-6,9H,2-4,7-8,10H2,1H3,(H,18,19). The Labute approximate surface area is 132 Å². The minimum absolute atomic E-state index is 0.147. The van der Waals surface area contributed by atoms with Gasteiger partial charge >= 0.3 is 0 Å². The van der Waals surface area contributed by atoms with Crippen LogP contribution in [-0.2, 0) is 0 Å². The van der Waals surface area contributed by atoms with Crippen molar-refractivity contribution in [2.75, 3.05) is 12.8 Å². The van der Waals surface area contributed by atoms with E-state index in [1.54, 1.807) is 6.07 Å². The number of amides is 1. The predicted octanol–water partition coefficient (Wildman–Crippen LogP) is 4.38. The van der Waals surface area contributed by atoms with Crippen molar-refractivity contribution in [1.29, 1.82) is 0 Å². The fraction of sp³-hybridized carbons (Fsp3) is 0.533. The third-order valence-electron chi connectivity index (χ3n) is 3.94. The molecule has 2 nitrogen and oxygen atoms in total. The van der Waals surface area contributed by atoms with Crippen LogP contribution in [0.25, 0.3) is 0 Å². The molecule has 1 amide bonds. The average molecular weight is 360 g/mol. The first-order valence-corrected chi connectivity index (χ1v) is 8.86. The summed E-state index contributed by atoms with van der Waals surface area (Å²) in [6.45, 7) is 0.649. The highest BCUT2D eigenvalue weighted by Crippen LogP contribution is 2.38. The van der Waals surface area contributed by atoms with E-state index >= 15 is 0 Å². The average Bonchev–Trinajstić information content (AvgIpc) is 2.48. The number of carbonyl (C=O) groups excluding carboxylic acids is 1. The van der Waals surface area contributed by atoms with Gasteiger partial charge in [-0.1, -0.05) is 19.3 Å². The first-order chi connectivity index (χ1) is 9.56.